The molecule has 1 aromatic carbocycles. The number of nitrogens with zero attached hydrogens (tertiary/aromatic N) is 8. The van der Waals surface area contributed by atoms with Gasteiger partial charge in [-0.15, -0.1) is 0 Å². The third-order valence-corrected chi connectivity index (χ3v) is 9.88. The Morgan fingerprint density at radius 1 is 1.06 bits per heavy atom. The van der Waals surface area contributed by atoms with Crippen LogP contribution in [0.3, 0.4) is 0 Å². The van der Waals surface area contributed by atoms with Gasteiger partial charge in [0.15, 0.2) is 0 Å². The van der Waals surface area contributed by atoms with Crippen molar-refractivity contribution in [3.8, 4) is 11.6 Å². The molecule has 2 saturated heterocycles. The van der Waals surface area contributed by atoms with E-state index in [0.717, 1.165) is 30.9 Å². The Bertz CT molecular complexity index is 2060. The summed E-state index contributed by atoms with van der Waals surface area (Å²) in [6, 6.07) is 11.0. The molecular formula is C34H34Cl2N8O4. The SMILES string of the molecule is CN(C)C1CN(c2ccc(-n3cc(C(=O)O)c(=O)c4cc(Cl)c(N5CC(c6cnn(C)c6)C[C@@H]5COc5ncccc5Cl)cc43)cn2)C1. The lowest BCUT2D eigenvalue weighted by atomic mass is 10.00. The van der Waals surface area contributed by atoms with Crippen LogP contribution in [-0.2, 0) is 7.05 Å². The minimum Gasteiger partial charge on any atom is -0.477 e. The Hall–Kier alpha value is -4.65. The molecule has 2 aliphatic heterocycles. The highest BCUT2D eigenvalue weighted by Crippen LogP contribution is 2.40. The van der Waals surface area contributed by atoms with E-state index in [2.05, 4.69) is 38.9 Å². The fourth-order valence-electron chi connectivity index (χ4n) is 6.51. The van der Waals surface area contributed by atoms with Crippen LogP contribution >= 0.6 is 23.2 Å². The summed E-state index contributed by atoms with van der Waals surface area (Å²) in [4.78, 5) is 41.2. The summed E-state index contributed by atoms with van der Waals surface area (Å²) in [5, 5.41) is 15.3. The van der Waals surface area contributed by atoms with E-state index in [1.54, 1.807) is 39.8 Å². The third-order valence-electron chi connectivity index (χ3n) is 9.29. The first kappa shape index (κ1) is 31.9. The molecule has 14 heteroatoms. The van der Waals surface area contributed by atoms with Gasteiger partial charge in [0, 0.05) is 62.6 Å². The van der Waals surface area contributed by atoms with E-state index in [0.29, 0.717) is 45.4 Å². The topological polar surface area (TPSA) is 122 Å². The fourth-order valence-corrected chi connectivity index (χ4v) is 6.96. The smallest absolute Gasteiger partial charge is 0.341 e. The van der Waals surface area contributed by atoms with Crippen LogP contribution in [0.1, 0.15) is 28.3 Å². The number of aromatic nitrogens is 5. The second kappa shape index (κ2) is 12.8. The molecule has 248 valence electrons. The second-order valence-corrected chi connectivity index (χ2v) is 13.4. The number of aromatic carboxylic acids is 1. The van der Waals surface area contributed by atoms with Crippen LogP contribution in [-0.4, -0.2) is 92.7 Å². The molecule has 6 heterocycles. The number of hydrogen-bond acceptors (Lipinski definition) is 9. The van der Waals surface area contributed by atoms with Crippen LogP contribution in [0.25, 0.3) is 16.6 Å². The molecule has 1 N–H and O–H groups in total. The van der Waals surface area contributed by atoms with Gasteiger partial charge in [-0.3, -0.25) is 9.48 Å². The van der Waals surface area contributed by atoms with Gasteiger partial charge in [-0.1, -0.05) is 23.2 Å². The molecule has 0 bridgehead atoms. The van der Waals surface area contributed by atoms with Gasteiger partial charge in [-0.05, 0) is 62.5 Å². The molecule has 48 heavy (non-hydrogen) atoms. The van der Waals surface area contributed by atoms with Crippen LogP contribution in [0.15, 0.2) is 72.2 Å². The van der Waals surface area contributed by atoms with Gasteiger partial charge in [-0.2, -0.15) is 5.10 Å². The minimum absolute atomic E-state index is 0.125. The van der Waals surface area contributed by atoms with E-state index in [4.69, 9.17) is 32.9 Å². The summed E-state index contributed by atoms with van der Waals surface area (Å²) < 4.78 is 9.60. The Morgan fingerprint density at radius 2 is 1.88 bits per heavy atom. The molecule has 4 aromatic heterocycles. The maximum atomic E-state index is 13.5. The average molecular weight is 690 g/mol. The summed E-state index contributed by atoms with van der Waals surface area (Å²) in [5.41, 5.74) is 1.93. The predicted molar refractivity (Wildman–Crippen MR) is 185 cm³/mol. The summed E-state index contributed by atoms with van der Waals surface area (Å²) in [7, 11) is 6.01. The number of hydrogen-bond donors (Lipinski definition) is 1. The summed E-state index contributed by atoms with van der Waals surface area (Å²) in [6.45, 7) is 2.64. The van der Waals surface area contributed by atoms with E-state index in [9.17, 15) is 14.7 Å². The zero-order valence-electron chi connectivity index (χ0n) is 26.6. The number of carboxylic acids is 1. The molecular weight excluding hydrogens is 655 g/mol. The standard InChI is InChI=1S/C34H34Cl2N8O4/c1-40(2)24-16-42(17-24)31-7-6-22(13-38-31)44-18-26(34(46)47)32(45)25-10-28(36)30(11-29(25)44)43-15-20(21-12-39-41(3)14-21)9-23(43)19-48-33-27(35)5-4-8-37-33/h4-8,10-14,18,20,23-24H,9,15-17,19H2,1-3H3,(H,46,47)/t20?,23-/m1/s1. The zero-order valence-corrected chi connectivity index (χ0v) is 28.1. The van der Waals surface area contributed by atoms with Crippen LogP contribution in [0, 0.1) is 0 Å². The van der Waals surface area contributed by atoms with E-state index in [-0.39, 0.29) is 29.5 Å². The number of rotatable bonds is 9. The van der Waals surface area contributed by atoms with E-state index < -0.39 is 11.4 Å². The molecule has 2 fully saturated rings. The number of likely N-dealkylation sites (N-methyl/N-ethyl adjacent to an activating group) is 1. The van der Waals surface area contributed by atoms with E-state index in [1.807, 2.05) is 37.6 Å². The van der Waals surface area contributed by atoms with Gasteiger partial charge in [0.1, 0.15) is 23.0 Å². The van der Waals surface area contributed by atoms with Crippen molar-refractivity contribution in [1.82, 2.24) is 29.2 Å². The van der Waals surface area contributed by atoms with Crippen molar-refractivity contribution in [3.05, 3.63) is 98.8 Å². The van der Waals surface area contributed by atoms with Crippen molar-refractivity contribution in [1.29, 1.82) is 0 Å². The predicted octanol–water partition coefficient (Wildman–Crippen LogP) is 4.71. The van der Waals surface area contributed by atoms with Gasteiger partial charge < -0.3 is 29.1 Å². The van der Waals surface area contributed by atoms with Gasteiger partial charge >= 0.3 is 5.97 Å². The Labute approximate surface area is 286 Å². The molecule has 0 radical (unpaired) electrons. The average Bonchev–Trinajstić information content (AvgIpc) is 3.66. The van der Waals surface area contributed by atoms with Crippen LogP contribution in [0.5, 0.6) is 5.88 Å². The van der Waals surface area contributed by atoms with Gasteiger partial charge in [-0.25, -0.2) is 14.8 Å². The first-order valence-electron chi connectivity index (χ1n) is 15.6. The molecule has 5 aromatic rings. The number of aryl methyl sites for hydroxylation is 1. The van der Waals surface area contributed by atoms with E-state index in [1.165, 1.54) is 6.20 Å². The molecule has 2 atom stereocenters. The number of halogens is 2. The molecule has 0 spiro atoms. The highest BCUT2D eigenvalue weighted by molar-refractivity contribution is 6.34. The van der Waals surface area contributed by atoms with Crippen molar-refractivity contribution in [2.24, 2.45) is 7.05 Å². The van der Waals surface area contributed by atoms with Gasteiger partial charge in [0.25, 0.3) is 0 Å². The number of carbonyl (C=O) groups is 1. The molecule has 7 rings (SSSR count). The normalized spacial score (nSPS) is 18.1. The van der Waals surface area contributed by atoms with Crippen molar-refractivity contribution in [2.45, 2.75) is 24.4 Å². The zero-order chi connectivity index (χ0) is 33.7. The number of fused-ring (bicyclic) bond motifs is 1. The van der Waals surface area contributed by atoms with Crippen molar-refractivity contribution >= 4 is 51.6 Å². The van der Waals surface area contributed by atoms with Crippen molar-refractivity contribution < 1.29 is 14.6 Å². The highest BCUT2D eigenvalue weighted by atomic mass is 35.5. The minimum atomic E-state index is -1.32. The van der Waals surface area contributed by atoms with Crippen LogP contribution < -0.4 is 20.0 Å². The molecule has 1 unspecified atom stereocenters. The Kier molecular flexibility index (Phi) is 8.48. The lowest BCUT2D eigenvalue weighted by Gasteiger charge is -2.43. The number of ether oxygens (including phenoxy) is 1. The van der Waals surface area contributed by atoms with Crippen molar-refractivity contribution in [2.75, 3.05) is 50.1 Å². The monoisotopic (exact) mass is 688 g/mol. The van der Waals surface area contributed by atoms with E-state index >= 15 is 0 Å². The Morgan fingerprint density at radius 3 is 2.54 bits per heavy atom. The van der Waals surface area contributed by atoms with Gasteiger partial charge in [0.05, 0.1) is 40.3 Å². The number of pyridine rings is 3. The summed E-state index contributed by atoms with van der Waals surface area (Å²) in [6.07, 6.45) is 9.30. The lowest BCUT2D eigenvalue weighted by Crippen LogP contribution is -2.57. The maximum Gasteiger partial charge on any atom is 0.341 e. The molecule has 0 saturated carbocycles. The number of carboxylic acid groups (broad SMARTS) is 1. The quantitative estimate of drug-likeness (QED) is 0.233. The fraction of sp³-hybridized carbons (Fsp3) is 0.324. The first-order valence-corrected chi connectivity index (χ1v) is 16.3. The molecule has 0 aliphatic carbocycles. The third kappa shape index (κ3) is 5.95. The Balaban J connectivity index is 1.29. The maximum absolute atomic E-state index is 13.5. The van der Waals surface area contributed by atoms with Crippen LogP contribution in [0.4, 0.5) is 11.5 Å². The number of benzene rings is 1. The molecule has 12 nitrogen and oxygen atoms in total. The molecule has 0 amide bonds. The molecule has 2 aliphatic rings. The summed E-state index contributed by atoms with van der Waals surface area (Å²) >= 11 is 13.3. The summed E-state index contributed by atoms with van der Waals surface area (Å²) in [5.74, 6) is -0.0195. The number of anilines is 2. The van der Waals surface area contributed by atoms with Crippen molar-refractivity contribution in [3.63, 3.8) is 0 Å². The largest absolute Gasteiger partial charge is 0.477 e. The van der Waals surface area contributed by atoms with Crippen LogP contribution in [0.2, 0.25) is 10.0 Å². The second-order valence-electron chi connectivity index (χ2n) is 12.6. The highest BCUT2D eigenvalue weighted by Gasteiger charge is 2.36. The lowest BCUT2D eigenvalue weighted by molar-refractivity contribution is 0.0695. The first-order chi connectivity index (χ1) is 23.1. The van der Waals surface area contributed by atoms with Gasteiger partial charge in [0.2, 0.25) is 11.3 Å².